The number of hydrogen-bond donors (Lipinski definition) is 1. The second-order valence-corrected chi connectivity index (χ2v) is 8.68. The van der Waals surface area contributed by atoms with E-state index in [-0.39, 0.29) is 30.2 Å². The van der Waals surface area contributed by atoms with Crippen molar-refractivity contribution < 1.29 is 19.1 Å². The van der Waals surface area contributed by atoms with E-state index in [1.54, 1.807) is 23.1 Å². The third-order valence-corrected chi connectivity index (χ3v) is 6.10. The largest absolute Gasteiger partial charge is 0.484 e. The lowest BCUT2D eigenvalue weighted by atomic mass is 10.1. The summed E-state index contributed by atoms with van der Waals surface area (Å²) in [6.07, 6.45) is 4.15. The van der Waals surface area contributed by atoms with Crippen molar-refractivity contribution >= 4 is 23.4 Å². The molecule has 0 aromatic heterocycles. The average molecular weight is 450 g/mol. The molecule has 2 aromatic rings. The maximum absolute atomic E-state index is 12.6. The minimum atomic E-state index is -0.0985. The van der Waals surface area contributed by atoms with E-state index in [9.17, 15) is 14.4 Å². The number of carbonyl (C=O) groups excluding carboxylic acids is 3. The molecule has 1 aliphatic carbocycles. The highest BCUT2D eigenvalue weighted by Gasteiger charge is 2.29. The molecule has 3 amide bonds. The summed E-state index contributed by atoms with van der Waals surface area (Å²) in [6, 6.07) is 17.3. The Hall–Kier alpha value is -3.35. The first-order valence-electron chi connectivity index (χ1n) is 11.7. The molecular formula is C26H31N3O4. The molecule has 0 atom stereocenters. The molecule has 1 aliphatic heterocycles. The predicted molar refractivity (Wildman–Crippen MR) is 126 cm³/mol. The van der Waals surface area contributed by atoms with Crippen molar-refractivity contribution in [3.05, 3.63) is 60.2 Å². The van der Waals surface area contributed by atoms with Gasteiger partial charge in [0.05, 0.1) is 0 Å². The quantitative estimate of drug-likeness (QED) is 0.638. The van der Waals surface area contributed by atoms with Crippen molar-refractivity contribution in [2.24, 2.45) is 5.92 Å². The lowest BCUT2D eigenvalue weighted by Crippen LogP contribution is -2.51. The van der Waals surface area contributed by atoms with Gasteiger partial charge in [-0.1, -0.05) is 36.4 Å². The van der Waals surface area contributed by atoms with E-state index in [1.807, 2.05) is 29.2 Å². The van der Waals surface area contributed by atoms with Crippen LogP contribution in [0, 0.1) is 5.92 Å². The number of nitrogens with zero attached hydrogens (tertiary/aromatic N) is 2. The summed E-state index contributed by atoms with van der Waals surface area (Å²) < 4.78 is 5.67. The van der Waals surface area contributed by atoms with Crippen molar-refractivity contribution in [2.75, 3.05) is 38.1 Å². The van der Waals surface area contributed by atoms with Crippen LogP contribution < -0.4 is 10.1 Å². The van der Waals surface area contributed by atoms with Crippen LogP contribution in [-0.4, -0.2) is 60.3 Å². The van der Waals surface area contributed by atoms with Gasteiger partial charge in [0.25, 0.3) is 5.91 Å². The van der Waals surface area contributed by atoms with E-state index in [1.165, 1.54) is 5.56 Å². The fourth-order valence-corrected chi connectivity index (χ4v) is 3.94. The minimum absolute atomic E-state index is 0.0377. The highest BCUT2D eigenvalue weighted by molar-refractivity contribution is 5.94. The fourth-order valence-electron chi connectivity index (χ4n) is 3.94. The summed E-state index contributed by atoms with van der Waals surface area (Å²) in [4.78, 5) is 40.6. The van der Waals surface area contributed by atoms with Crippen LogP contribution in [0.1, 0.15) is 31.2 Å². The van der Waals surface area contributed by atoms with Gasteiger partial charge in [-0.25, -0.2) is 0 Å². The molecular weight excluding hydrogens is 418 g/mol. The van der Waals surface area contributed by atoms with Crippen LogP contribution in [0.3, 0.4) is 0 Å². The Balaban J connectivity index is 1.16. The highest BCUT2D eigenvalue weighted by Crippen LogP contribution is 2.30. The van der Waals surface area contributed by atoms with Crippen LogP contribution in [0.4, 0.5) is 5.69 Å². The smallest absolute Gasteiger partial charge is 0.260 e. The molecule has 0 unspecified atom stereocenters. The zero-order valence-electron chi connectivity index (χ0n) is 18.9. The maximum atomic E-state index is 12.6. The molecule has 2 fully saturated rings. The molecule has 0 bridgehead atoms. The summed E-state index contributed by atoms with van der Waals surface area (Å²) in [6.45, 7) is 2.08. The van der Waals surface area contributed by atoms with Crippen LogP contribution >= 0.6 is 0 Å². The van der Waals surface area contributed by atoms with Gasteiger partial charge in [0.15, 0.2) is 6.61 Å². The van der Waals surface area contributed by atoms with Crippen molar-refractivity contribution in [1.82, 2.24) is 9.80 Å². The monoisotopic (exact) mass is 449 g/mol. The molecule has 1 heterocycles. The molecule has 0 radical (unpaired) electrons. The van der Waals surface area contributed by atoms with Gasteiger partial charge in [0, 0.05) is 50.3 Å². The lowest BCUT2D eigenvalue weighted by molar-refractivity contribution is -0.140. The fraction of sp³-hybridized carbons (Fsp3) is 0.423. The Morgan fingerprint density at radius 3 is 2.27 bits per heavy atom. The minimum Gasteiger partial charge on any atom is -0.484 e. The first kappa shape index (κ1) is 22.8. The number of aryl methyl sites for hydroxylation is 1. The summed E-state index contributed by atoms with van der Waals surface area (Å²) >= 11 is 0. The van der Waals surface area contributed by atoms with Gasteiger partial charge in [0.1, 0.15) is 5.75 Å². The van der Waals surface area contributed by atoms with E-state index in [0.29, 0.717) is 44.0 Å². The summed E-state index contributed by atoms with van der Waals surface area (Å²) in [7, 11) is 0. The van der Waals surface area contributed by atoms with Crippen molar-refractivity contribution in [2.45, 2.75) is 32.1 Å². The molecule has 0 spiro atoms. The third kappa shape index (κ3) is 6.81. The molecule has 33 heavy (non-hydrogen) atoms. The van der Waals surface area contributed by atoms with E-state index in [4.69, 9.17) is 4.74 Å². The number of benzene rings is 2. The molecule has 174 valence electrons. The molecule has 1 saturated carbocycles. The molecule has 2 aliphatic rings. The van der Waals surface area contributed by atoms with Gasteiger partial charge in [-0.2, -0.15) is 0 Å². The highest BCUT2D eigenvalue weighted by atomic mass is 16.5. The maximum Gasteiger partial charge on any atom is 0.260 e. The summed E-state index contributed by atoms with van der Waals surface area (Å²) in [5.41, 5.74) is 1.92. The topological polar surface area (TPSA) is 79.0 Å². The van der Waals surface area contributed by atoms with Crippen molar-refractivity contribution in [3.8, 4) is 5.75 Å². The number of amides is 3. The molecule has 1 saturated heterocycles. The Labute approximate surface area is 194 Å². The Bertz CT molecular complexity index is 967. The normalized spacial score (nSPS) is 15.8. The van der Waals surface area contributed by atoms with Gasteiger partial charge in [-0.15, -0.1) is 0 Å². The first-order chi connectivity index (χ1) is 16.1. The second kappa shape index (κ2) is 11.0. The van der Waals surface area contributed by atoms with E-state index in [2.05, 4.69) is 17.4 Å². The van der Waals surface area contributed by atoms with Crippen LogP contribution in [0.15, 0.2) is 54.6 Å². The Morgan fingerprint density at radius 1 is 0.879 bits per heavy atom. The number of rotatable bonds is 9. The molecule has 4 rings (SSSR count). The number of anilines is 1. The zero-order chi connectivity index (χ0) is 23.0. The van der Waals surface area contributed by atoms with Gasteiger partial charge in [0.2, 0.25) is 11.8 Å². The zero-order valence-corrected chi connectivity index (χ0v) is 18.9. The van der Waals surface area contributed by atoms with Crippen molar-refractivity contribution in [3.63, 3.8) is 0 Å². The number of ether oxygens (including phenoxy) is 1. The molecule has 2 aromatic carbocycles. The van der Waals surface area contributed by atoms with Crippen LogP contribution in [0.2, 0.25) is 0 Å². The average Bonchev–Trinajstić information content (AvgIpc) is 3.69. The van der Waals surface area contributed by atoms with Crippen LogP contribution in [0.25, 0.3) is 0 Å². The van der Waals surface area contributed by atoms with Crippen LogP contribution in [-0.2, 0) is 20.8 Å². The number of carbonyl (C=O) groups is 3. The first-order valence-corrected chi connectivity index (χ1v) is 11.7. The summed E-state index contributed by atoms with van der Waals surface area (Å²) in [5.74, 6) is 0.767. The molecule has 1 N–H and O–H groups in total. The number of piperazine rings is 1. The Morgan fingerprint density at radius 2 is 1.58 bits per heavy atom. The molecule has 7 nitrogen and oxygen atoms in total. The van der Waals surface area contributed by atoms with Gasteiger partial charge in [-0.3, -0.25) is 14.4 Å². The number of nitrogens with one attached hydrogen (secondary N) is 1. The lowest BCUT2D eigenvalue weighted by Gasteiger charge is -2.34. The van der Waals surface area contributed by atoms with Crippen molar-refractivity contribution in [1.29, 1.82) is 0 Å². The SMILES string of the molecule is O=C(Nc1cccc(OCC(=O)N2CCN(C(=O)CCCc3ccccc3)CC2)c1)C1CC1. The van der Waals surface area contributed by atoms with Gasteiger partial charge in [-0.05, 0) is 43.4 Å². The Kier molecular flexibility index (Phi) is 7.60. The van der Waals surface area contributed by atoms with Gasteiger partial charge >= 0.3 is 0 Å². The number of hydrogen-bond acceptors (Lipinski definition) is 4. The van der Waals surface area contributed by atoms with Gasteiger partial charge < -0.3 is 19.9 Å². The molecule has 7 heteroatoms. The second-order valence-electron chi connectivity index (χ2n) is 8.68. The third-order valence-electron chi connectivity index (χ3n) is 6.10. The standard InChI is InChI=1S/C26H31N3O4/c30-24(11-4-8-20-6-2-1-3-7-20)28-14-16-29(17-15-28)25(31)19-33-23-10-5-9-22(18-23)27-26(32)21-12-13-21/h1-3,5-7,9-10,18,21H,4,8,11-17,19H2,(H,27,32). The van der Waals surface area contributed by atoms with E-state index < -0.39 is 0 Å². The van der Waals surface area contributed by atoms with Crippen LogP contribution in [0.5, 0.6) is 5.75 Å². The predicted octanol–water partition coefficient (Wildman–Crippen LogP) is 3.11. The summed E-state index contributed by atoms with van der Waals surface area (Å²) in [5, 5.41) is 2.88. The van der Waals surface area contributed by atoms with E-state index >= 15 is 0 Å². The van der Waals surface area contributed by atoms with E-state index in [0.717, 1.165) is 25.7 Å².